The van der Waals surface area contributed by atoms with E-state index < -0.39 is 0 Å². The van der Waals surface area contributed by atoms with E-state index in [0.29, 0.717) is 23.9 Å². The molecule has 2 aliphatic rings. The molecule has 5 nitrogen and oxygen atoms in total. The van der Waals surface area contributed by atoms with Crippen LogP contribution in [0.15, 0.2) is 42.5 Å². The Bertz CT molecular complexity index is 860. The number of nitrogens with one attached hydrogen (secondary N) is 1. The molecule has 2 aromatic rings. The minimum absolute atomic E-state index is 0.0240. The SMILES string of the molecule is O=C(Cc1ccc(Cl)cc1)Nc1ccc2c(c1)N(C(=O)C1CCCO1)CC2. The third kappa shape index (κ3) is 3.99. The van der Waals surface area contributed by atoms with Crippen LogP contribution in [0.2, 0.25) is 5.02 Å². The number of fused-ring (bicyclic) bond motifs is 1. The Labute approximate surface area is 163 Å². The summed E-state index contributed by atoms with van der Waals surface area (Å²) >= 11 is 5.88. The van der Waals surface area contributed by atoms with E-state index in [2.05, 4.69) is 5.32 Å². The molecule has 2 amide bonds. The van der Waals surface area contributed by atoms with Crippen LogP contribution in [0.25, 0.3) is 0 Å². The number of amides is 2. The van der Waals surface area contributed by atoms with Gasteiger partial charge in [-0.3, -0.25) is 9.59 Å². The van der Waals surface area contributed by atoms with Crippen LogP contribution in [0.5, 0.6) is 0 Å². The van der Waals surface area contributed by atoms with Crippen LogP contribution in [0.1, 0.15) is 24.0 Å². The molecule has 6 heteroatoms. The Morgan fingerprint density at radius 1 is 1.19 bits per heavy atom. The van der Waals surface area contributed by atoms with E-state index in [0.717, 1.165) is 36.1 Å². The zero-order valence-electron chi connectivity index (χ0n) is 14.9. The first-order valence-electron chi connectivity index (χ1n) is 9.20. The van der Waals surface area contributed by atoms with E-state index in [1.807, 2.05) is 30.3 Å². The minimum atomic E-state index is -0.334. The molecule has 1 unspecified atom stereocenters. The summed E-state index contributed by atoms with van der Waals surface area (Å²) < 4.78 is 5.54. The van der Waals surface area contributed by atoms with Crippen molar-refractivity contribution in [1.82, 2.24) is 0 Å². The van der Waals surface area contributed by atoms with Crippen LogP contribution in [0.4, 0.5) is 11.4 Å². The molecule has 1 N–H and O–H groups in total. The number of halogens is 1. The maximum absolute atomic E-state index is 12.7. The molecule has 0 aliphatic carbocycles. The first-order chi connectivity index (χ1) is 13.1. The van der Waals surface area contributed by atoms with Gasteiger partial charge in [-0.1, -0.05) is 29.8 Å². The Morgan fingerprint density at radius 3 is 2.74 bits per heavy atom. The van der Waals surface area contributed by atoms with Crippen molar-refractivity contribution in [2.24, 2.45) is 0 Å². The lowest BCUT2D eigenvalue weighted by atomic mass is 10.1. The molecule has 0 aromatic heterocycles. The molecule has 2 aromatic carbocycles. The van der Waals surface area contributed by atoms with Crippen molar-refractivity contribution in [3.63, 3.8) is 0 Å². The minimum Gasteiger partial charge on any atom is -0.368 e. The first kappa shape index (κ1) is 18.0. The Kier molecular flexibility index (Phi) is 5.14. The molecule has 0 bridgehead atoms. The Balaban J connectivity index is 1.45. The topological polar surface area (TPSA) is 58.6 Å². The number of carbonyl (C=O) groups excluding carboxylic acids is 2. The normalized spacial score (nSPS) is 18.4. The van der Waals surface area contributed by atoms with E-state index in [1.54, 1.807) is 17.0 Å². The lowest BCUT2D eigenvalue weighted by molar-refractivity contribution is -0.127. The number of ether oxygens (including phenoxy) is 1. The number of carbonyl (C=O) groups is 2. The van der Waals surface area contributed by atoms with E-state index in [9.17, 15) is 9.59 Å². The van der Waals surface area contributed by atoms with Crippen LogP contribution in [-0.4, -0.2) is 31.1 Å². The van der Waals surface area contributed by atoms with Gasteiger partial charge in [-0.15, -0.1) is 0 Å². The standard InChI is InChI=1S/C21H21ClN2O3/c22-16-6-3-14(4-7-16)12-20(25)23-17-8-5-15-9-10-24(18(15)13-17)21(26)19-2-1-11-27-19/h3-8,13,19H,1-2,9-12H2,(H,23,25). The first-order valence-corrected chi connectivity index (χ1v) is 9.58. The second-order valence-electron chi connectivity index (χ2n) is 6.94. The molecular weight excluding hydrogens is 364 g/mol. The van der Waals surface area contributed by atoms with Crippen molar-refractivity contribution < 1.29 is 14.3 Å². The second kappa shape index (κ2) is 7.71. The maximum Gasteiger partial charge on any atom is 0.256 e. The molecule has 0 radical (unpaired) electrons. The highest BCUT2D eigenvalue weighted by molar-refractivity contribution is 6.30. The van der Waals surface area contributed by atoms with E-state index >= 15 is 0 Å². The van der Waals surface area contributed by atoms with Crippen molar-refractivity contribution in [3.8, 4) is 0 Å². The number of hydrogen-bond donors (Lipinski definition) is 1. The van der Waals surface area contributed by atoms with Crippen molar-refractivity contribution in [1.29, 1.82) is 0 Å². The van der Waals surface area contributed by atoms with Crippen molar-refractivity contribution in [3.05, 3.63) is 58.6 Å². The maximum atomic E-state index is 12.7. The zero-order valence-corrected chi connectivity index (χ0v) is 15.7. The summed E-state index contributed by atoms with van der Waals surface area (Å²) in [7, 11) is 0. The molecule has 140 valence electrons. The van der Waals surface area contributed by atoms with Gasteiger partial charge in [-0.2, -0.15) is 0 Å². The smallest absolute Gasteiger partial charge is 0.256 e. The fraction of sp³-hybridized carbons (Fsp3) is 0.333. The molecule has 0 saturated carbocycles. The average Bonchev–Trinajstić information content (AvgIpc) is 3.32. The molecule has 1 atom stereocenters. The highest BCUT2D eigenvalue weighted by Crippen LogP contribution is 2.32. The second-order valence-corrected chi connectivity index (χ2v) is 7.37. The number of rotatable bonds is 4. The zero-order chi connectivity index (χ0) is 18.8. The molecule has 27 heavy (non-hydrogen) atoms. The van der Waals surface area contributed by atoms with Gasteiger partial charge in [0, 0.05) is 29.5 Å². The highest BCUT2D eigenvalue weighted by Gasteiger charge is 2.32. The van der Waals surface area contributed by atoms with Crippen molar-refractivity contribution >= 4 is 34.8 Å². The Hall–Kier alpha value is -2.37. The van der Waals surface area contributed by atoms with Gasteiger partial charge in [-0.25, -0.2) is 0 Å². The molecule has 4 rings (SSSR count). The lowest BCUT2D eigenvalue weighted by Gasteiger charge is -2.21. The van der Waals surface area contributed by atoms with Crippen LogP contribution in [-0.2, 0) is 27.2 Å². The van der Waals surface area contributed by atoms with Crippen molar-refractivity contribution in [2.45, 2.75) is 31.8 Å². The Morgan fingerprint density at radius 2 is 2.00 bits per heavy atom. The van der Waals surface area contributed by atoms with Crippen LogP contribution < -0.4 is 10.2 Å². The summed E-state index contributed by atoms with van der Waals surface area (Å²) in [6, 6.07) is 13.0. The van der Waals surface area contributed by atoms with Crippen LogP contribution in [0, 0.1) is 0 Å². The summed E-state index contributed by atoms with van der Waals surface area (Å²) in [5, 5.41) is 3.57. The van der Waals surface area contributed by atoms with Gasteiger partial charge < -0.3 is 15.0 Å². The van der Waals surface area contributed by atoms with E-state index in [4.69, 9.17) is 16.3 Å². The monoisotopic (exact) mass is 384 g/mol. The predicted octanol–water partition coefficient (Wildman–Crippen LogP) is 3.59. The molecular formula is C21H21ClN2O3. The largest absolute Gasteiger partial charge is 0.368 e. The third-order valence-electron chi connectivity index (χ3n) is 5.01. The van der Waals surface area contributed by atoms with Gasteiger partial charge >= 0.3 is 0 Å². The summed E-state index contributed by atoms with van der Waals surface area (Å²) in [4.78, 5) is 26.9. The van der Waals surface area contributed by atoms with Crippen LogP contribution >= 0.6 is 11.6 Å². The molecule has 2 aliphatic heterocycles. The van der Waals surface area contributed by atoms with E-state index in [-0.39, 0.29) is 24.3 Å². The number of benzene rings is 2. The van der Waals surface area contributed by atoms with Gasteiger partial charge in [0.2, 0.25) is 5.91 Å². The van der Waals surface area contributed by atoms with Crippen molar-refractivity contribution in [2.75, 3.05) is 23.4 Å². The van der Waals surface area contributed by atoms with Crippen LogP contribution in [0.3, 0.4) is 0 Å². The van der Waals surface area contributed by atoms with Gasteiger partial charge in [0.05, 0.1) is 6.42 Å². The summed E-state index contributed by atoms with van der Waals surface area (Å²) in [6.45, 7) is 1.31. The molecule has 1 saturated heterocycles. The number of hydrogen-bond acceptors (Lipinski definition) is 3. The van der Waals surface area contributed by atoms with Gasteiger partial charge in [-0.05, 0) is 54.7 Å². The summed E-state index contributed by atoms with van der Waals surface area (Å²) in [6.07, 6.45) is 2.47. The van der Waals surface area contributed by atoms with Gasteiger partial charge in [0.15, 0.2) is 0 Å². The molecule has 0 spiro atoms. The lowest BCUT2D eigenvalue weighted by Crippen LogP contribution is -2.37. The average molecular weight is 385 g/mol. The van der Waals surface area contributed by atoms with Gasteiger partial charge in [0.1, 0.15) is 6.10 Å². The predicted molar refractivity (Wildman–Crippen MR) is 105 cm³/mol. The van der Waals surface area contributed by atoms with E-state index in [1.165, 1.54) is 0 Å². The molecule has 2 heterocycles. The third-order valence-corrected chi connectivity index (χ3v) is 5.27. The highest BCUT2D eigenvalue weighted by atomic mass is 35.5. The number of nitrogens with zero attached hydrogens (tertiary/aromatic N) is 1. The quantitative estimate of drug-likeness (QED) is 0.876. The van der Waals surface area contributed by atoms with Gasteiger partial charge in [0.25, 0.3) is 5.91 Å². The summed E-state index contributed by atoms with van der Waals surface area (Å²) in [5.41, 5.74) is 3.59. The fourth-order valence-electron chi connectivity index (χ4n) is 3.62. The molecule has 1 fully saturated rings. The fourth-order valence-corrected chi connectivity index (χ4v) is 3.75. The number of anilines is 2. The summed E-state index contributed by atoms with van der Waals surface area (Å²) in [5.74, 6) is -0.0804.